The van der Waals surface area contributed by atoms with Gasteiger partial charge in [0.15, 0.2) is 5.41 Å². The molecule has 1 amide bonds. The topological polar surface area (TPSA) is 139 Å². The summed E-state index contributed by atoms with van der Waals surface area (Å²) in [6.07, 6.45) is 0. The molecule has 9 nitrogen and oxygen atoms in total. The quantitative estimate of drug-likeness (QED) is 0.597. The average Bonchev–Trinajstić information content (AvgIpc) is 3.06. The third-order valence-corrected chi connectivity index (χ3v) is 6.44. The van der Waals surface area contributed by atoms with Crippen molar-refractivity contribution in [2.24, 2.45) is 5.73 Å². The summed E-state index contributed by atoms with van der Waals surface area (Å²) in [4.78, 5) is 40.8. The maximum absolute atomic E-state index is 14.1. The third kappa shape index (κ3) is 3.04. The van der Waals surface area contributed by atoms with Crippen LogP contribution in [0.15, 0.2) is 76.9 Å². The Balaban J connectivity index is 1.85. The summed E-state index contributed by atoms with van der Waals surface area (Å²) in [5, 5.41) is 19.6. The zero-order chi connectivity index (χ0) is 24.9. The van der Waals surface area contributed by atoms with Crippen LogP contribution in [0.3, 0.4) is 0 Å². The predicted octanol–water partition coefficient (Wildman–Crippen LogP) is 2.01. The van der Waals surface area contributed by atoms with Gasteiger partial charge in [-0.05, 0) is 18.6 Å². The van der Waals surface area contributed by atoms with Gasteiger partial charge in [-0.3, -0.25) is 19.3 Å². The molecule has 2 aliphatic heterocycles. The van der Waals surface area contributed by atoms with Gasteiger partial charge in [0.1, 0.15) is 23.9 Å². The number of carbonyl (C=O) groups excluding carboxylic acids is 1. The van der Waals surface area contributed by atoms with Crippen LogP contribution in [0.5, 0.6) is 5.75 Å². The number of ether oxygens (including phenoxy) is 1. The Labute approximate surface area is 199 Å². The number of para-hydroxylation sites is 1. The lowest BCUT2D eigenvalue weighted by Gasteiger charge is -2.34. The minimum atomic E-state index is -1.93. The number of rotatable bonds is 4. The van der Waals surface area contributed by atoms with Crippen LogP contribution in [0.2, 0.25) is 0 Å². The first kappa shape index (κ1) is 22.0. The van der Waals surface area contributed by atoms with E-state index in [1.165, 1.54) is 4.57 Å². The van der Waals surface area contributed by atoms with E-state index >= 15 is 0 Å². The van der Waals surface area contributed by atoms with Crippen molar-refractivity contribution < 1.29 is 19.4 Å². The second-order valence-electron chi connectivity index (χ2n) is 8.41. The Morgan fingerprint density at radius 3 is 2.51 bits per heavy atom. The van der Waals surface area contributed by atoms with Gasteiger partial charge in [0.2, 0.25) is 11.8 Å². The molecule has 1 unspecified atom stereocenters. The average molecular weight is 468 g/mol. The van der Waals surface area contributed by atoms with Crippen LogP contribution in [-0.4, -0.2) is 28.1 Å². The number of hydrogen-bond acceptors (Lipinski definition) is 6. The summed E-state index contributed by atoms with van der Waals surface area (Å²) in [6, 6.07) is 19.4. The molecule has 174 valence electrons. The molecular weight excluding hydrogens is 448 g/mol. The molecule has 3 aromatic rings. The number of fused-ring (bicyclic) bond motifs is 4. The van der Waals surface area contributed by atoms with E-state index in [2.05, 4.69) is 0 Å². The molecule has 0 aliphatic carbocycles. The lowest BCUT2D eigenvalue weighted by atomic mass is 9.69. The normalized spacial score (nSPS) is 18.2. The van der Waals surface area contributed by atoms with E-state index in [0.717, 1.165) is 10.5 Å². The summed E-state index contributed by atoms with van der Waals surface area (Å²) < 4.78 is 7.21. The number of carboxylic acid groups (broad SMARTS) is 1. The van der Waals surface area contributed by atoms with Crippen molar-refractivity contribution in [2.45, 2.75) is 18.9 Å². The second kappa shape index (κ2) is 7.88. The summed E-state index contributed by atoms with van der Waals surface area (Å²) in [6.45, 7) is 1.32. The maximum atomic E-state index is 14.1. The van der Waals surface area contributed by atoms with E-state index in [9.17, 15) is 24.8 Å². The Bertz CT molecular complexity index is 1530. The number of carboxylic acids is 1. The Morgan fingerprint density at radius 1 is 1.14 bits per heavy atom. The van der Waals surface area contributed by atoms with E-state index in [1.807, 2.05) is 36.4 Å². The zero-order valence-corrected chi connectivity index (χ0v) is 18.7. The Kier molecular flexibility index (Phi) is 4.95. The van der Waals surface area contributed by atoms with Gasteiger partial charge in [0.25, 0.3) is 5.56 Å². The fraction of sp³-hybridized carbons (Fsp3) is 0.154. The fourth-order valence-corrected chi connectivity index (χ4v) is 4.98. The molecule has 0 fully saturated rings. The van der Waals surface area contributed by atoms with Crippen molar-refractivity contribution in [3.05, 3.63) is 105 Å². The number of pyridine rings is 1. The number of aliphatic carboxylic acids is 1. The van der Waals surface area contributed by atoms with Crippen LogP contribution in [0.25, 0.3) is 0 Å². The highest BCUT2D eigenvalue weighted by Crippen LogP contribution is 2.54. The monoisotopic (exact) mass is 468 g/mol. The molecule has 9 heteroatoms. The number of hydrogen-bond donors (Lipinski definition) is 2. The number of aryl methyl sites for hydroxylation is 1. The van der Waals surface area contributed by atoms with Gasteiger partial charge < -0.3 is 20.1 Å². The first-order chi connectivity index (χ1) is 16.8. The SMILES string of the molecule is Cc1cc2c(c(=O)n1Cc1ccccc1)C1(C(=O)N(CC(=O)O)c3ccccc31)C(C#N)=C(N)O2. The molecule has 2 aliphatic rings. The predicted molar refractivity (Wildman–Crippen MR) is 126 cm³/mol. The minimum Gasteiger partial charge on any atom is -0.480 e. The molecule has 0 saturated carbocycles. The van der Waals surface area contributed by atoms with Crippen LogP contribution in [0, 0.1) is 18.3 Å². The van der Waals surface area contributed by atoms with Crippen molar-refractivity contribution in [3.63, 3.8) is 0 Å². The van der Waals surface area contributed by atoms with E-state index in [-0.39, 0.29) is 29.3 Å². The summed E-state index contributed by atoms with van der Waals surface area (Å²) in [5.74, 6) is -2.22. The first-order valence-corrected chi connectivity index (χ1v) is 10.8. The Morgan fingerprint density at radius 2 is 1.83 bits per heavy atom. The molecule has 1 aromatic heterocycles. The van der Waals surface area contributed by atoms with E-state index in [0.29, 0.717) is 16.9 Å². The number of anilines is 1. The number of nitrogens with two attached hydrogens (primary N) is 1. The van der Waals surface area contributed by atoms with Crippen LogP contribution >= 0.6 is 0 Å². The molecule has 3 N–H and O–H groups in total. The fourth-order valence-electron chi connectivity index (χ4n) is 4.98. The molecule has 5 rings (SSSR count). The minimum absolute atomic E-state index is 0.0601. The highest BCUT2D eigenvalue weighted by Gasteiger charge is 2.61. The van der Waals surface area contributed by atoms with E-state index in [1.54, 1.807) is 37.3 Å². The number of aromatic nitrogens is 1. The summed E-state index contributed by atoms with van der Waals surface area (Å²) in [5.41, 5.74) is 5.40. The number of amides is 1. The molecule has 35 heavy (non-hydrogen) atoms. The van der Waals surface area contributed by atoms with Gasteiger partial charge in [-0.15, -0.1) is 0 Å². The van der Waals surface area contributed by atoms with Crippen molar-refractivity contribution in [1.82, 2.24) is 4.57 Å². The van der Waals surface area contributed by atoms with Crippen molar-refractivity contribution >= 4 is 17.6 Å². The molecule has 2 aromatic carbocycles. The van der Waals surface area contributed by atoms with E-state index < -0.39 is 29.4 Å². The molecule has 1 atom stereocenters. The first-order valence-electron chi connectivity index (χ1n) is 10.8. The second-order valence-corrected chi connectivity index (χ2v) is 8.41. The molecular formula is C26H20N4O5. The largest absolute Gasteiger partial charge is 0.480 e. The van der Waals surface area contributed by atoms with Crippen molar-refractivity contribution in [1.29, 1.82) is 5.26 Å². The molecule has 0 saturated heterocycles. The maximum Gasteiger partial charge on any atom is 0.323 e. The smallest absolute Gasteiger partial charge is 0.323 e. The van der Waals surface area contributed by atoms with Crippen molar-refractivity contribution in [3.8, 4) is 11.8 Å². The van der Waals surface area contributed by atoms with Gasteiger partial charge in [-0.2, -0.15) is 5.26 Å². The molecule has 1 spiro atoms. The highest BCUT2D eigenvalue weighted by molar-refractivity contribution is 6.15. The van der Waals surface area contributed by atoms with Crippen LogP contribution in [0.1, 0.15) is 22.4 Å². The number of carbonyl (C=O) groups is 2. The summed E-state index contributed by atoms with van der Waals surface area (Å²) in [7, 11) is 0. The van der Waals surface area contributed by atoms with Gasteiger partial charge >= 0.3 is 5.97 Å². The Hall–Kier alpha value is -4.84. The summed E-state index contributed by atoms with van der Waals surface area (Å²) >= 11 is 0. The lowest BCUT2D eigenvalue weighted by molar-refractivity contribution is -0.136. The van der Waals surface area contributed by atoms with Crippen LogP contribution < -0.4 is 20.9 Å². The third-order valence-electron chi connectivity index (χ3n) is 6.44. The van der Waals surface area contributed by atoms with Crippen LogP contribution in [-0.2, 0) is 21.5 Å². The zero-order valence-electron chi connectivity index (χ0n) is 18.7. The molecule has 0 radical (unpaired) electrons. The number of benzene rings is 2. The van der Waals surface area contributed by atoms with Gasteiger partial charge in [-0.1, -0.05) is 48.5 Å². The van der Waals surface area contributed by atoms with E-state index in [4.69, 9.17) is 10.5 Å². The lowest BCUT2D eigenvalue weighted by Crippen LogP contribution is -2.50. The molecule has 3 heterocycles. The number of nitrogens with zero attached hydrogens (tertiary/aromatic N) is 3. The van der Waals surface area contributed by atoms with Gasteiger partial charge in [-0.25, -0.2) is 0 Å². The van der Waals surface area contributed by atoms with Gasteiger partial charge in [0.05, 0.1) is 12.1 Å². The van der Waals surface area contributed by atoms with Crippen LogP contribution in [0.4, 0.5) is 5.69 Å². The molecule has 0 bridgehead atoms. The van der Waals surface area contributed by atoms with Gasteiger partial charge in [0, 0.05) is 23.0 Å². The van der Waals surface area contributed by atoms with Crippen molar-refractivity contribution in [2.75, 3.05) is 11.4 Å². The number of nitriles is 1. The standard InChI is InChI=1S/C26H20N4O5/c1-15-11-20-22(24(33)29(15)13-16-7-3-2-4-8-16)26(18(12-27)23(28)35-20)17-9-5-6-10-19(17)30(25(26)34)14-21(31)32/h2-11H,13-14,28H2,1H3,(H,31,32). The highest BCUT2D eigenvalue weighted by atomic mass is 16.5.